The van der Waals surface area contributed by atoms with Crippen LogP contribution in [0.1, 0.15) is 23.7 Å². The van der Waals surface area contributed by atoms with Gasteiger partial charge in [0.1, 0.15) is 6.26 Å². The first-order valence-corrected chi connectivity index (χ1v) is 8.79. The van der Waals surface area contributed by atoms with Crippen molar-refractivity contribution in [3.63, 3.8) is 0 Å². The summed E-state index contributed by atoms with van der Waals surface area (Å²) in [6, 6.07) is 19.3. The zero-order valence-electron chi connectivity index (χ0n) is 15.6. The Balaban J connectivity index is 0.00000280. The maximum absolute atomic E-state index is 8.86. The van der Waals surface area contributed by atoms with Gasteiger partial charge in [-0.2, -0.15) is 5.26 Å². The fourth-order valence-corrected chi connectivity index (χ4v) is 2.47. The zero-order valence-corrected chi connectivity index (χ0v) is 17.9. The molecule has 0 spiro atoms. The predicted molar refractivity (Wildman–Crippen MR) is 120 cm³/mol. The summed E-state index contributed by atoms with van der Waals surface area (Å²) in [5.41, 5.74) is 3.44. The molecule has 3 rings (SSSR count). The first-order valence-electron chi connectivity index (χ1n) is 8.79. The van der Waals surface area contributed by atoms with Crippen molar-refractivity contribution in [2.45, 2.75) is 20.0 Å². The van der Waals surface area contributed by atoms with E-state index in [-0.39, 0.29) is 24.0 Å². The molecule has 6 nitrogen and oxygen atoms in total. The maximum atomic E-state index is 8.86. The van der Waals surface area contributed by atoms with Crippen molar-refractivity contribution < 1.29 is 4.42 Å². The van der Waals surface area contributed by atoms with Crippen LogP contribution >= 0.6 is 24.0 Å². The topological polar surface area (TPSA) is 86.2 Å². The van der Waals surface area contributed by atoms with Crippen LogP contribution in [0.25, 0.3) is 11.5 Å². The average Bonchev–Trinajstić information content (AvgIpc) is 3.20. The van der Waals surface area contributed by atoms with Gasteiger partial charge in [0, 0.05) is 12.1 Å². The summed E-state index contributed by atoms with van der Waals surface area (Å²) < 4.78 is 5.56. The van der Waals surface area contributed by atoms with Gasteiger partial charge in [-0.25, -0.2) is 9.98 Å². The van der Waals surface area contributed by atoms with Crippen molar-refractivity contribution in [1.82, 2.24) is 15.6 Å². The van der Waals surface area contributed by atoms with Crippen LogP contribution in [0.5, 0.6) is 0 Å². The largest absolute Gasteiger partial charge is 0.444 e. The maximum Gasteiger partial charge on any atom is 0.226 e. The van der Waals surface area contributed by atoms with Gasteiger partial charge in [0.25, 0.3) is 0 Å². The van der Waals surface area contributed by atoms with Gasteiger partial charge in [0.15, 0.2) is 5.96 Å². The van der Waals surface area contributed by atoms with E-state index in [1.165, 1.54) is 0 Å². The van der Waals surface area contributed by atoms with Crippen molar-refractivity contribution in [2.24, 2.45) is 4.99 Å². The van der Waals surface area contributed by atoms with E-state index < -0.39 is 0 Å². The van der Waals surface area contributed by atoms with Crippen LogP contribution in [-0.2, 0) is 13.1 Å². The zero-order chi connectivity index (χ0) is 18.9. The number of benzene rings is 2. The standard InChI is InChI=1S/C21H21N5O.HI/c1-2-23-21(24-13-17-10-8-16(12-22)9-11-17)25-14-19-15-27-20(26-19)18-6-4-3-5-7-18;/h3-11,15H,2,13-14H2,1H3,(H2,23,24,25);1H. The smallest absolute Gasteiger partial charge is 0.226 e. The lowest BCUT2D eigenvalue weighted by Crippen LogP contribution is -2.36. The van der Waals surface area contributed by atoms with E-state index in [2.05, 4.69) is 26.7 Å². The van der Waals surface area contributed by atoms with Crippen LogP contribution < -0.4 is 10.6 Å². The summed E-state index contributed by atoms with van der Waals surface area (Å²) in [6.07, 6.45) is 1.65. The molecule has 0 saturated heterocycles. The van der Waals surface area contributed by atoms with E-state index in [1.54, 1.807) is 18.4 Å². The van der Waals surface area contributed by atoms with Gasteiger partial charge >= 0.3 is 0 Å². The van der Waals surface area contributed by atoms with Gasteiger partial charge in [-0.1, -0.05) is 30.3 Å². The van der Waals surface area contributed by atoms with Crippen LogP contribution in [0.4, 0.5) is 0 Å². The highest BCUT2D eigenvalue weighted by atomic mass is 127. The van der Waals surface area contributed by atoms with E-state index in [0.717, 1.165) is 23.4 Å². The molecule has 0 radical (unpaired) electrons. The van der Waals surface area contributed by atoms with Gasteiger partial charge in [-0.3, -0.25) is 0 Å². The molecule has 0 aliphatic rings. The Labute approximate surface area is 181 Å². The summed E-state index contributed by atoms with van der Waals surface area (Å²) in [5.74, 6) is 1.30. The fraction of sp³-hybridized carbons (Fsp3) is 0.190. The van der Waals surface area contributed by atoms with Crippen LogP contribution in [0.3, 0.4) is 0 Å². The number of hydrogen-bond acceptors (Lipinski definition) is 4. The van der Waals surface area contributed by atoms with E-state index in [9.17, 15) is 0 Å². The third-order valence-electron chi connectivity index (χ3n) is 3.86. The lowest BCUT2D eigenvalue weighted by molar-refractivity contribution is 0.572. The van der Waals surface area contributed by atoms with Gasteiger partial charge in [0.05, 0.1) is 30.4 Å². The Bertz CT molecular complexity index is 929. The Morgan fingerprint density at radius 2 is 1.86 bits per heavy atom. The quantitative estimate of drug-likeness (QED) is 0.311. The van der Waals surface area contributed by atoms with E-state index in [4.69, 9.17) is 9.68 Å². The van der Waals surface area contributed by atoms with Crippen molar-refractivity contribution in [3.8, 4) is 17.5 Å². The Morgan fingerprint density at radius 1 is 1.11 bits per heavy atom. The lowest BCUT2D eigenvalue weighted by Gasteiger charge is -2.10. The lowest BCUT2D eigenvalue weighted by atomic mass is 10.1. The Kier molecular flexibility index (Phi) is 8.49. The highest BCUT2D eigenvalue weighted by Crippen LogP contribution is 2.17. The summed E-state index contributed by atoms with van der Waals surface area (Å²) in [6.45, 7) is 3.81. The molecular formula is C21H22IN5O. The molecule has 2 aromatic carbocycles. The number of oxazole rings is 1. The summed E-state index contributed by atoms with van der Waals surface area (Å²) in [4.78, 5) is 9.08. The summed E-state index contributed by atoms with van der Waals surface area (Å²) in [7, 11) is 0. The SMILES string of the molecule is CCNC(=NCc1ccc(C#N)cc1)NCc1coc(-c2ccccc2)n1.I. The van der Waals surface area contributed by atoms with Crippen molar-refractivity contribution in [2.75, 3.05) is 6.54 Å². The average molecular weight is 487 g/mol. The molecule has 28 heavy (non-hydrogen) atoms. The number of rotatable bonds is 6. The molecule has 144 valence electrons. The molecule has 0 saturated carbocycles. The summed E-state index contributed by atoms with van der Waals surface area (Å²) >= 11 is 0. The van der Waals surface area contributed by atoms with E-state index in [0.29, 0.717) is 30.5 Å². The first-order chi connectivity index (χ1) is 13.3. The number of guanidine groups is 1. The van der Waals surface area contributed by atoms with Crippen molar-refractivity contribution in [3.05, 3.63) is 77.7 Å². The normalized spacial score (nSPS) is 10.6. The minimum absolute atomic E-state index is 0. The molecule has 0 unspecified atom stereocenters. The number of halogens is 1. The molecule has 0 aliphatic heterocycles. The third kappa shape index (κ3) is 6.09. The second kappa shape index (κ2) is 11.1. The minimum Gasteiger partial charge on any atom is -0.444 e. The molecule has 7 heteroatoms. The van der Waals surface area contributed by atoms with E-state index >= 15 is 0 Å². The molecule has 2 N–H and O–H groups in total. The van der Waals surface area contributed by atoms with Crippen LogP contribution in [0.2, 0.25) is 0 Å². The molecular weight excluding hydrogens is 465 g/mol. The molecule has 0 atom stereocenters. The molecule has 3 aromatic rings. The monoisotopic (exact) mass is 487 g/mol. The molecule has 1 heterocycles. The summed E-state index contributed by atoms with van der Waals surface area (Å²) in [5, 5.41) is 15.3. The van der Waals surface area contributed by atoms with Crippen molar-refractivity contribution in [1.29, 1.82) is 5.26 Å². The Morgan fingerprint density at radius 3 is 2.54 bits per heavy atom. The van der Waals surface area contributed by atoms with Gasteiger partial charge in [0.2, 0.25) is 5.89 Å². The van der Waals surface area contributed by atoms with Crippen LogP contribution in [0, 0.1) is 11.3 Å². The Hall–Kier alpha value is -2.86. The predicted octanol–water partition coefficient (Wildman–Crippen LogP) is 4.09. The molecule has 0 fully saturated rings. The minimum atomic E-state index is 0. The van der Waals surface area contributed by atoms with E-state index in [1.807, 2.05) is 49.4 Å². The van der Waals surface area contributed by atoms with Crippen LogP contribution in [-0.4, -0.2) is 17.5 Å². The number of nitriles is 1. The molecule has 0 aliphatic carbocycles. The highest BCUT2D eigenvalue weighted by Gasteiger charge is 2.07. The number of nitrogens with one attached hydrogen (secondary N) is 2. The first kappa shape index (κ1) is 21.4. The second-order valence-electron chi connectivity index (χ2n) is 5.87. The van der Waals surface area contributed by atoms with Crippen molar-refractivity contribution >= 4 is 29.9 Å². The number of hydrogen-bond donors (Lipinski definition) is 2. The van der Waals surface area contributed by atoms with Gasteiger partial charge in [-0.05, 0) is 36.8 Å². The highest BCUT2D eigenvalue weighted by molar-refractivity contribution is 14.0. The van der Waals surface area contributed by atoms with Crippen LogP contribution in [0.15, 0.2) is 70.3 Å². The number of nitrogens with zero attached hydrogens (tertiary/aromatic N) is 3. The fourth-order valence-electron chi connectivity index (χ4n) is 2.47. The van der Waals surface area contributed by atoms with Gasteiger partial charge in [-0.15, -0.1) is 24.0 Å². The number of aliphatic imine (C=N–C) groups is 1. The molecule has 0 bridgehead atoms. The number of aromatic nitrogens is 1. The van der Waals surface area contributed by atoms with Gasteiger partial charge < -0.3 is 15.1 Å². The second-order valence-corrected chi connectivity index (χ2v) is 5.87. The molecule has 0 amide bonds. The third-order valence-corrected chi connectivity index (χ3v) is 3.86. The molecule has 1 aromatic heterocycles.